The summed E-state index contributed by atoms with van der Waals surface area (Å²) in [4.78, 5) is 13.0. The van der Waals surface area contributed by atoms with Crippen LogP contribution < -0.4 is 9.62 Å². The highest BCUT2D eigenvalue weighted by Crippen LogP contribution is 2.26. The van der Waals surface area contributed by atoms with Crippen LogP contribution in [-0.4, -0.2) is 26.6 Å². The van der Waals surface area contributed by atoms with Crippen LogP contribution in [0.5, 0.6) is 0 Å². The first-order valence-corrected chi connectivity index (χ1v) is 10.5. The second kappa shape index (κ2) is 8.36. The highest BCUT2D eigenvalue weighted by Gasteiger charge is 2.31. The highest BCUT2D eigenvalue weighted by atomic mass is 32.2. The fraction of sp³-hybridized carbons (Fsp3) is 0.350. The number of carbonyl (C=O) groups excluding carboxylic acids is 1. The Kier molecular flexibility index (Phi) is 6.42. The first-order chi connectivity index (χ1) is 12.3. The van der Waals surface area contributed by atoms with Crippen LogP contribution in [0.2, 0.25) is 0 Å². The Hall–Kier alpha value is -2.34. The number of hydrogen-bond donors (Lipinski definition) is 1. The van der Waals surface area contributed by atoms with E-state index in [0.29, 0.717) is 17.8 Å². The van der Waals surface area contributed by atoms with Crippen molar-refractivity contribution in [2.24, 2.45) is 0 Å². The van der Waals surface area contributed by atoms with Crippen molar-refractivity contribution in [1.82, 2.24) is 0 Å². The maximum atomic E-state index is 13.0. The minimum atomic E-state index is -3.62. The van der Waals surface area contributed by atoms with Gasteiger partial charge in [-0.1, -0.05) is 57.2 Å². The largest absolute Gasteiger partial charge is 0.324 e. The molecule has 0 spiro atoms. The van der Waals surface area contributed by atoms with Gasteiger partial charge in [-0.25, -0.2) is 8.42 Å². The van der Waals surface area contributed by atoms with Gasteiger partial charge in [0.25, 0.3) is 0 Å². The van der Waals surface area contributed by atoms with Crippen LogP contribution in [0, 0.1) is 0 Å². The van der Waals surface area contributed by atoms with Crippen molar-refractivity contribution in [3.8, 4) is 0 Å². The van der Waals surface area contributed by atoms with Crippen LogP contribution in [0.25, 0.3) is 0 Å². The third-order valence-corrected chi connectivity index (χ3v) is 5.36. The molecule has 0 unspecified atom stereocenters. The number of hydrogen-bond acceptors (Lipinski definition) is 3. The number of sulfonamides is 1. The number of para-hydroxylation sites is 2. The van der Waals surface area contributed by atoms with Crippen LogP contribution in [0.15, 0.2) is 54.6 Å². The van der Waals surface area contributed by atoms with Gasteiger partial charge in [-0.05, 0) is 36.1 Å². The zero-order chi connectivity index (χ0) is 19.3. The van der Waals surface area contributed by atoms with E-state index in [4.69, 9.17) is 0 Å². The third kappa shape index (κ3) is 4.64. The lowest BCUT2D eigenvalue weighted by Gasteiger charge is -2.30. The van der Waals surface area contributed by atoms with E-state index in [1.165, 1.54) is 4.31 Å². The number of carbonyl (C=O) groups is 1. The van der Waals surface area contributed by atoms with Crippen LogP contribution in [0.4, 0.5) is 11.4 Å². The standard InChI is InChI=1S/C20H26N2O3S/c1-5-19(22(26(4,24)25)16-11-7-6-8-12-16)20(23)21-18-14-10-9-13-17(18)15(2)3/h6-15,19H,5H2,1-4H3,(H,21,23)/t19-/m1/s1. The average Bonchev–Trinajstić information content (AvgIpc) is 2.59. The summed E-state index contributed by atoms with van der Waals surface area (Å²) in [6, 6.07) is 15.5. The van der Waals surface area contributed by atoms with Gasteiger partial charge in [0.1, 0.15) is 6.04 Å². The van der Waals surface area contributed by atoms with E-state index in [-0.39, 0.29) is 11.8 Å². The molecule has 0 bridgehead atoms. The number of amides is 1. The number of anilines is 2. The molecule has 5 nitrogen and oxygen atoms in total. The molecule has 0 saturated carbocycles. The normalized spacial score (nSPS) is 12.7. The van der Waals surface area contributed by atoms with Crippen molar-refractivity contribution in [3.05, 3.63) is 60.2 Å². The Morgan fingerprint density at radius 1 is 1.04 bits per heavy atom. The van der Waals surface area contributed by atoms with Crippen molar-refractivity contribution >= 4 is 27.3 Å². The molecule has 26 heavy (non-hydrogen) atoms. The fourth-order valence-electron chi connectivity index (χ4n) is 2.97. The number of nitrogens with one attached hydrogen (secondary N) is 1. The van der Waals surface area contributed by atoms with E-state index in [9.17, 15) is 13.2 Å². The molecule has 2 aromatic carbocycles. The summed E-state index contributed by atoms with van der Waals surface area (Å²) < 4.78 is 26.0. The van der Waals surface area contributed by atoms with Crippen LogP contribution in [0.3, 0.4) is 0 Å². The Labute approximate surface area is 156 Å². The summed E-state index contributed by atoms with van der Waals surface area (Å²) in [7, 11) is -3.62. The van der Waals surface area contributed by atoms with Gasteiger partial charge in [0.05, 0.1) is 11.9 Å². The third-order valence-electron chi connectivity index (χ3n) is 4.18. The molecule has 140 valence electrons. The van der Waals surface area contributed by atoms with E-state index >= 15 is 0 Å². The van der Waals surface area contributed by atoms with E-state index in [1.54, 1.807) is 31.2 Å². The lowest BCUT2D eigenvalue weighted by molar-refractivity contribution is -0.117. The SMILES string of the molecule is CC[C@H](C(=O)Nc1ccccc1C(C)C)N(c1ccccc1)S(C)(=O)=O. The molecule has 1 amide bonds. The van der Waals surface area contributed by atoms with E-state index in [2.05, 4.69) is 19.2 Å². The fourth-order valence-corrected chi connectivity index (χ4v) is 4.18. The average molecular weight is 375 g/mol. The molecule has 0 aromatic heterocycles. The second-order valence-corrected chi connectivity index (χ2v) is 8.41. The molecule has 0 saturated heterocycles. The molecule has 1 atom stereocenters. The second-order valence-electron chi connectivity index (χ2n) is 6.55. The molecule has 0 fully saturated rings. The molecular weight excluding hydrogens is 348 g/mol. The van der Waals surface area contributed by atoms with Gasteiger partial charge in [0.2, 0.25) is 15.9 Å². The van der Waals surface area contributed by atoms with Crippen LogP contribution >= 0.6 is 0 Å². The quantitative estimate of drug-likeness (QED) is 0.797. The zero-order valence-electron chi connectivity index (χ0n) is 15.6. The number of benzene rings is 2. The zero-order valence-corrected chi connectivity index (χ0v) is 16.5. The Bertz CT molecular complexity index is 848. The van der Waals surface area contributed by atoms with Gasteiger partial charge >= 0.3 is 0 Å². The summed E-state index contributed by atoms with van der Waals surface area (Å²) in [5.41, 5.74) is 2.21. The number of nitrogens with zero attached hydrogens (tertiary/aromatic N) is 1. The molecular formula is C20H26N2O3S. The summed E-state index contributed by atoms with van der Waals surface area (Å²) in [6.07, 6.45) is 1.48. The van der Waals surface area contributed by atoms with E-state index in [0.717, 1.165) is 11.8 Å². The molecule has 0 aliphatic carbocycles. The van der Waals surface area contributed by atoms with Crippen LogP contribution in [0.1, 0.15) is 38.7 Å². The molecule has 0 heterocycles. The molecule has 6 heteroatoms. The minimum Gasteiger partial charge on any atom is -0.324 e. The highest BCUT2D eigenvalue weighted by molar-refractivity contribution is 7.92. The molecule has 0 aliphatic heterocycles. The summed E-state index contributed by atoms with van der Waals surface area (Å²) in [5.74, 6) is -0.0958. The summed E-state index contributed by atoms with van der Waals surface area (Å²) in [5, 5.41) is 2.92. The lowest BCUT2D eigenvalue weighted by atomic mass is 10.0. The first kappa shape index (κ1) is 20.0. The van der Waals surface area contributed by atoms with Crippen molar-refractivity contribution in [2.75, 3.05) is 15.9 Å². The Morgan fingerprint density at radius 2 is 1.62 bits per heavy atom. The maximum absolute atomic E-state index is 13.0. The predicted molar refractivity (Wildman–Crippen MR) is 107 cm³/mol. The smallest absolute Gasteiger partial charge is 0.248 e. The Morgan fingerprint density at radius 3 is 2.15 bits per heavy atom. The van der Waals surface area contributed by atoms with Crippen LogP contribution in [-0.2, 0) is 14.8 Å². The molecule has 1 N–H and O–H groups in total. The molecule has 0 radical (unpaired) electrons. The van der Waals surface area contributed by atoms with Gasteiger partial charge in [-0.3, -0.25) is 9.10 Å². The van der Waals surface area contributed by atoms with Crippen molar-refractivity contribution in [3.63, 3.8) is 0 Å². The van der Waals surface area contributed by atoms with Gasteiger partial charge < -0.3 is 5.32 Å². The van der Waals surface area contributed by atoms with Gasteiger partial charge in [-0.2, -0.15) is 0 Å². The Balaban J connectivity index is 2.38. The van der Waals surface area contributed by atoms with Crippen molar-refractivity contribution in [1.29, 1.82) is 0 Å². The minimum absolute atomic E-state index is 0.242. The maximum Gasteiger partial charge on any atom is 0.248 e. The molecule has 2 rings (SSSR count). The van der Waals surface area contributed by atoms with Crippen molar-refractivity contribution < 1.29 is 13.2 Å². The lowest BCUT2D eigenvalue weighted by Crippen LogP contribution is -2.47. The summed E-state index contributed by atoms with van der Waals surface area (Å²) >= 11 is 0. The topological polar surface area (TPSA) is 66.5 Å². The monoisotopic (exact) mass is 374 g/mol. The molecule has 0 aliphatic rings. The van der Waals surface area contributed by atoms with E-state index in [1.807, 2.05) is 30.3 Å². The molecule has 2 aromatic rings. The van der Waals surface area contributed by atoms with Gasteiger partial charge in [-0.15, -0.1) is 0 Å². The first-order valence-electron chi connectivity index (χ1n) is 8.70. The van der Waals surface area contributed by atoms with Gasteiger partial charge in [0.15, 0.2) is 0 Å². The summed E-state index contributed by atoms with van der Waals surface area (Å²) in [6.45, 7) is 5.91. The number of rotatable bonds is 7. The van der Waals surface area contributed by atoms with Crippen molar-refractivity contribution in [2.45, 2.75) is 39.2 Å². The van der Waals surface area contributed by atoms with Gasteiger partial charge in [0, 0.05) is 5.69 Å². The van der Waals surface area contributed by atoms with E-state index < -0.39 is 16.1 Å². The predicted octanol–water partition coefficient (Wildman–Crippen LogP) is 3.99.